The maximum atomic E-state index is 13.0. The van der Waals surface area contributed by atoms with Crippen LogP contribution in [0.15, 0.2) is 47.3 Å². The van der Waals surface area contributed by atoms with Crippen molar-refractivity contribution in [3.05, 3.63) is 47.7 Å². The lowest BCUT2D eigenvalue weighted by atomic mass is 9.76. The molecule has 1 unspecified atom stereocenters. The molecule has 1 atom stereocenters. The average molecular weight is 455 g/mol. The number of rotatable bonds is 11. The van der Waals surface area contributed by atoms with E-state index in [4.69, 9.17) is 9.57 Å². The van der Waals surface area contributed by atoms with Gasteiger partial charge >= 0.3 is 6.09 Å². The number of hydrogen-bond acceptors (Lipinski definition) is 5. The van der Waals surface area contributed by atoms with Crippen LogP contribution in [0, 0.1) is 5.92 Å². The molecule has 1 aliphatic heterocycles. The first kappa shape index (κ1) is 25.0. The number of ether oxygens (including phenoxy) is 1. The van der Waals surface area contributed by atoms with Crippen molar-refractivity contribution >= 4 is 17.6 Å². The molecule has 3 rings (SSSR count). The predicted octanol–water partition coefficient (Wildman–Crippen LogP) is 6.30. The largest absolute Gasteiger partial charge is 0.477 e. The predicted molar refractivity (Wildman–Crippen MR) is 130 cm³/mol. The van der Waals surface area contributed by atoms with Crippen molar-refractivity contribution in [2.24, 2.45) is 11.1 Å². The first-order valence-corrected chi connectivity index (χ1v) is 12.6. The summed E-state index contributed by atoms with van der Waals surface area (Å²) < 4.78 is 6.26. The number of ketones is 1. The second-order valence-electron chi connectivity index (χ2n) is 9.30. The number of benzene rings is 1. The zero-order valence-corrected chi connectivity index (χ0v) is 20.1. The van der Waals surface area contributed by atoms with E-state index in [2.05, 4.69) is 17.4 Å². The summed E-state index contributed by atoms with van der Waals surface area (Å²) in [5, 5.41) is 6.87. The third kappa shape index (κ3) is 6.92. The van der Waals surface area contributed by atoms with Crippen LogP contribution in [0.25, 0.3) is 0 Å². The fourth-order valence-electron chi connectivity index (χ4n) is 4.68. The molecule has 2 aliphatic rings. The second-order valence-corrected chi connectivity index (χ2v) is 9.30. The molecule has 1 N–H and O–H groups in total. The van der Waals surface area contributed by atoms with Crippen LogP contribution in [0.3, 0.4) is 0 Å². The Kier molecular flexibility index (Phi) is 9.52. The number of carbonyl (C=O) groups is 2. The van der Waals surface area contributed by atoms with Gasteiger partial charge in [-0.1, -0.05) is 93.8 Å². The van der Waals surface area contributed by atoms with Crippen molar-refractivity contribution in [2.75, 3.05) is 6.54 Å². The van der Waals surface area contributed by atoms with Gasteiger partial charge in [-0.2, -0.15) is 0 Å². The monoisotopic (exact) mass is 454 g/mol. The highest BCUT2D eigenvalue weighted by atomic mass is 16.7. The maximum Gasteiger partial charge on any atom is 0.433 e. The van der Waals surface area contributed by atoms with Crippen LogP contribution in [0.2, 0.25) is 0 Å². The summed E-state index contributed by atoms with van der Waals surface area (Å²) >= 11 is 0. The van der Waals surface area contributed by atoms with Crippen molar-refractivity contribution in [1.29, 1.82) is 0 Å². The lowest BCUT2D eigenvalue weighted by Gasteiger charge is -2.35. The molecule has 1 saturated carbocycles. The Morgan fingerprint density at radius 3 is 2.52 bits per heavy atom. The van der Waals surface area contributed by atoms with Gasteiger partial charge in [0.05, 0.1) is 0 Å². The van der Waals surface area contributed by atoms with Gasteiger partial charge in [0.15, 0.2) is 17.1 Å². The zero-order chi connectivity index (χ0) is 23.5. The molecule has 0 saturated heterocycles. The molecule has 1 aromatic carbocycles. The van der Waals surface area contributed by atoms with Crippen LogP contribution in [-0.4, -0.2) is 29.7 Å². The Bertz CT molecular complexity index is 843. The van der Waals surface area contributed by atoms with Crippen LogP contribution in [0.1, 0.15) is 90.0 Å². The van der Waals surface area contributed by atoms with E-state index in [0.717, 1.165) is 44.1 Å². The Hall–Kier alpha value is -2.63. The molecule has 6 nitrogen and oxygen atoms in total. The van der Waals surface area contributed by atoms with Gasteiger partial charge in [-0.15, -0.1) is 0 Å². The van der Waals surface area contributed by atoms with E-state index in [9.17, 15) is 9.59 Å². The lowest BCUT2D eigenvalue weighted by Crippen LogP contribution is -2.42. The molecule has 33 heavy (non-hydrogen) atoms. The summed E-state index contributed by atoms with van der Waals surface area (Å²) in [6.07, 6.45) is 13.2. The van der Waals surface area contributed by atoms with E-state index in [-0.39, 0.29) is 11.7 Å². The molecular weight excluding hydrogens is 416 g/mol. The maximum absolute atomic E-state index is 13.0. The van der Waals surface area contributed by atoms with Crippen LogP contribution in [-0.2, 0) is 14.4 Å². The topological polar surface area (TPSA) is 77.0 Å². The van der Waals surface area contributed by atoms with Gasteiger partial charge in [0, 0.05) is 24.1 Å². The summed E-state index contributed by atoms with van der Waals surface area (Å²) in [5.41, 5.74) is 0.206. The second kappa shape index (κ2) is 12.6. The number of unbranched alkanes of at least 4 members (excludes halogenated alkanes) is 5. The summed E-state index contributed by atoms with van der Waals surface area (Å²) in [5.74, 6) is 0.509. The fourth-order valence-corrected chi connectivity index (χ4v) is 4.68. The molecule has 0 bridgehead atoms. The number of nitrogens with zero attached hydrogens (tertiary/aromatic N) is 1. The number of allylic oxidation sites excluding steroid dienone is 1. The molecule has 1 aromatic rings. The van der Waals surface area contributed by atoms with Crippen molar-refractivity contribution in [1.82, 2.24) is 5.32 Å². The molecule has 0 spiro atoms. The van der Waals surface area contributed by atoms with E-state index in [1.54, 1.807) is 0 Å². The van der Waals surface area contributed by atoms with Gasteiger partial charge in [0.25, 0.3) is 0 Å². The van der Waals surface area contributed by atoms with Gasteiger partial charge in [-0.25, -0.2) is 4.79 Å². The van der Waals surface area contributed by atoms with E-state index in [1.165, 1.54) is 38.2 Å². The smallest absolute Gasteiger partial charge is 0.433 e. The van der Waals surface area contributed by atoms with Gasteiger partial charge < -0.3 is 10.1 Å². The van der Waals surface area contributed by atoms with Crippen molar-refractivity contribution < 1.29 is 19.2 Å². The molecule has 0 aromatic heterocycles. The molecular formula is C27H38N2O4. The SMILES string of the molecule is CCCCCCCCNC(=O)O/N=C(\C1=CC(=O)C(C)(C2CCCCC2)O1)c1ccccc1. The third-order valence-electron chi connectivity index (χ3n) is 6.76. The molecule has 1 fully saturated rings. The molecule has 180 valence electrons. The lowest BCUT2D eigenvalue weighted by molar-refractivity contribution is -0.134. The summed E-state index contributed by atoms with van der Waals surface area (Å²) in [6, 6.07) is 9.38. The summed E-state index contributed by atoms with van der Waals surface area (Å²) in [4.78, 5) is 30.3. The Morgan fingerprint density at radius 2 is 1.79 bits per heavy atom. The highest BCUT2D eigenvalue weighted by Gasteiger charge is 2.47. The number of nitrogens with one attached hydrogen (secondary N) is 1. The minimum atomic E-state index is -0.884. The standard InChI is InChI=1S/C27H38N2O4/c1-3-4-5-6-7-14-19-28-26(31)33-29-25(21-15-10-8-11-16-21)23-20-24(30)27(2,32-23)22-17-12-9-13-18-22/h8,10-11,15-16,20,22H,3-7,9,12-14,17-19H2,1-2H3,(H,28,31)/b29-25-. The van der Waals surface area contributed by atoms with Crippen LogP contribution < -0.4 is 5.32 Å². The van der Waals surface area contributed by atoms with Crippen LogP contribution in [0.4, 0.5) is 4.79 Å². The van der Waals surface area contributed by atoms with E-state index < -0.39 is 11.7 Å². The first-order chi connectivity index (χ1) is 16.0. The van der Waals surface area contributed by atoms with E-state index in [0.29, 0.717) is 18.0 Å². The third-order valence-corrected chi connectivity index (χ3v) is 6.76. The molecule has 1 heterocycles. The normalized spacial score (nSPS) is 21.5. The fraction of sp³-hybridized carbons (Fsp3) is 0.593. The van der Waals surface area contributed by atoms with E-state index >= 15 is 0 Å². The first-order valence-electron chi connectivity index (χ1n) is 12.6. The Labute approximate surface area is 197 Å². The summed E-state index contributed by atoms with van der Waals surface area (Å²) in [7, 11) is 0. The van der Waals surface area contributed by atoms with Gasteiger partial charge in [0.1, 0.15) is 0 Å². The minimum Gasteiger partial charge on any atom is -0.477 e. The van der Waals surface area contributed by atoms with Crippen molar-refractivity contribution in [2.45, 2.75) is 90.1 Å². The quantitative estimate of drug-likeness (QED) is 0.184. The molecule has 0 radical (unpaired) electrons. The molecule has 1 aliphatic carbocycles. The highest BCUT2D eigenvalue weighted by Crippen LogP contribution is 2.41. The van der Waals surface area contributed by atoms with E-state index in [1.807, 2.05) is 37.3 Å². The number of oxime groups is 1. The number of amides is 1. The zero-order valence-electron chi connectivity index (χ0n) is 20.1. The minimum absolute atomic E-state index is 0.0412. The Balaban J connectivity index is 1.62. The Morgan fingerprint density at radius 1 is 1.09 bits per heavy atom. The van der Waals surface area contributed by atoms with Crippen molar-refractivity contribution in [3.8, 4) is 0 Å². The van der Waals surface area contributed by atoms with Gasteiger partial charge in [-0.3, -0.25) is 9.63 Å². The average Bonchev–Trinajstić information content (AvgIpc) is 3.15. The van der Waals surface area contributed by atoms with Crippen LogP contribution in [0.5, 0.6) is 0 Å². The van der Waals surface area contributed by atoms with Gasteiger partial charge in [-0.05, 0) is 26.2 Å². The number of hydrogen-bond donors (Lipinski definition) is 1. The number of carbonyl (C=O) groups excluding carboxylic acids is 2. The highest BCUT2D eigenvalue weighted by molar-refractivity contribution is 6.16. The van der Waals surface area contributed by atoms with Gasteiger partial charge in [0.2, 0.25) is 5.78 Å². The molecule has 1 amide bonds. The summed E-state index contributed by atoms with van der Waals surface area (Å²) in [6.45, 7) is 4.63. The van der Waals surface area contributed by atoms with Crippen LogP contribution >= 0.6 is 0 Å². The van der Waals surface area contributed by atoms with Crippen molar-refractivity contribution in [3.63, 3.8) is 0 Å². The molecule has 6 heteroatoms.